The van der Waals surface area contributed by atoms with Crippen LogP contribution in [-0.2, 0) is 9.59 Å². The van der Waals surface area contributed by atoms with Gasteiger partial charge in [-0.15, -0.1) is 11.3 Å². The number of allylic oxidation sites excluding steroid dienone is 2. The van der Waals surface area contributed by atoms with Crippen LogP contribution in [0.1, 0.15) is 13.3 Å². The van der Waals surface area contributed by atoms with E-state index >= 15 is 0 Å². The van der Waals surface area contributed by atoms with E-state index in [4.69, 9.17) is 0 Å². The number of rotatable bonds is 1. The van der Waals surface area contributed by atoms with Crippen molar-refractivity contribution in [3.05, 3.63) is 23.7 Å². The first-order valence-electron chi connectivity index (χ1n) is 6.10. The molecule has 2 aliphatic carbocycles. The van der Waals surface area contributed by atoms with Crippen LogP contribution in [0.4, 0.5) is 5.13 Å². The van der Waals surface area contributed by atoms with Crippen LogP contribution in [0.3, 0.4) is 0 Å². The summed E-state index contributed by atoms with van der Waals surface area (Å²) in [6, 6.07) is 0. The molecule has 2 heterocycles. The van der Waals surface area contributed by atoms with Crippen LogP contribution in [0.5, 0.6) is 0 Å². The van der Waals surface area contributed by atoms with Crippen molar-refractivity contribution in [1.82, 2.24) is 4.98 Å². The van der Waals surface area contributed by atoms with Crippen molar-refractivity contribution in [3.8, 4) is 0 Å². The zero-order chi connectivity index (χ0) is 12.5. The molecule has 0 radical (unpaired) electrons. The fourth-order valence-corrected chi connectivity index (χ4v) is 4.46. The van der Waals surface area contributed by atoms with Gasteiger partial charge in [0.15, 0.2) is 5.13 Å². The monoisotopic (exact) mass is 260 g/mol. The summed E-state index contributed by atoms with van der Waals surface area (Å²) >= 11 is 1.34. The molecule has 1 saturated heterocycles. The molecule has 2 bridgehead atoms. The standard InChI is InChI=1S/C13H12N2O2S/c1-13-8-3-2-7(6-8)9(13)10(16)15(11(13)17)12-14-4-5-18-12/h2-5,7-9H,6H2,1H3/t7-,8-,9-,13-/m0/s1. The van der Waals surface area contributed by atoms with Crippen LogP contribution in [0.25, 0.3) is 0 Å². The van der Waals surface area contributed by atoms with Gasteiger partial charge in [0.05, 0.1) is 11.3 Å². The van der Waals surface area contributed by atoms with Crippen molar-refractivity contribution in [2.24, 2.45) is 23.2 Å². The highest BCUT2D eigenvalue weighted by Gasteiger charge is 2.67. The van der Waals surface area contributed by atoms with E-state index in [1.54, 1.807) is 11.6 Å². The van der Waals surface area contributed by atoms with Gasteiger partial charge in [0.2, 0.25) is 11.8 Å². The number of aromatic nitrogens is 1. The number of imide groups is 1. The third kappa shape index (κ3) is 0.960. The largest absolute Gasteiger partial charge is 0.274 e. The van der Waals surface area contributed by atoms with Gasteiger partial charge in [-0.25, -0.2) is 9.88 Å². The van der Waals surface area contributed by atoms with Crippen LogP contribution >= 0.6 is 11.3 Å². The third-order valence-electron chi connectivity index (χ3n) is 4.72. The van der Waals surface area contributed by atoms with Crippen molar-refractivity contribution in [3.63, 3.8) is 0 Å². The Bertz CT molecular complexity index is 580. The average Bonchev–Trinajstić information content (AvgIpc) is 3.04. The molecule has 3 aliphatic rings. The molecular weight excluding hydrogens is 248 g/mol. The third-order valence-corrected chi connectivity index (χ3v) is 5.48. The number of hydrogen-bond donors (Lipinski definition) is 0. The zero-order valence-electron chi connectivity index (χ0n) is 9.87. The van der Waals surface area contributed by atoms with Crippen molar-refractivity contribution in [1.29, 1.82) is 0 Å². The normalized spacial score (nSPS) is 40.9. The molecule has 5 heteroatoms. The summed E-state index contributed by atoms with van der Waals surface area (Å²) in [6.45, 7) is 1.94. The number of hydrogen-bond acceptors (Lipinski definition) is 4. The number of carbonyl (C=O) groups is 2. The van der Waals surface area contributed by atoms with Crippen molar-refractivity contribution < 1.29 is 9.59 Å². The lowest BCUT2D eigenvalue weighted by molar-refractivity contribution is -0.127. The van der Waals surface area contributed by atoms with Crippen LogP contribution in [0.15, 0.2) is 23.7 Å². The summed E-state index contributed by atoms with van der Waals surface area (Å²) in [7, 11) is 0. The second kappa shape index (κ2) is 3.09. The van der Waals surface area contributed by atoms with Gasteiger partial charge in [0, 0.05) is 11.6 Å². The smallest absolute Gasteiger partial charge is 0.242 e. The summed E-state index contributed by atoms with van der Waals surface area (Å²) in [5, 5.41) is 2.30. The summed E-state index contributed by atoms with van der Waals surface area (Å²) in [5.74, 6) is 0.151. The van der Waals surface area contributed by atoms with Gasteiger partial charge in [-0.3, -0.25) is 9.59 Å². The minimum absolute atomic E-state index is 0.0608. The maximum atomic E-state index is 12.6. The second-order valence-corrected chi connectivity index (χ2v) is 6.32. The molecule has 0 aromatic carbocycles. The fourth-order valence-electron chi connectivity index (χ4n) is 3.81. The molecule has 0 unspecified atom stereocenters. The van der Waals surface area contributed by atoms with E-state index in [0.29, 0.717) is 5.13 Å². The first-order chi connectivity index (χ1) is 8.64. The first kappa shape index (κ1) is 10.4. The molecule has 2 amide bonds. The van der Waals surface area contributed by atoms with Gasteiger partial charge < -0.3 is 0 Å². The fraction of sp³-hybridized carbons (Fsp3) is 0.462. The first-order valence-corrected chi connectivity index (χ1v) is 6.98. The number of carbonyl (C=O) groups excluding carboxylic acids is 2. The number of fused-ring (bicyclic) bond motifs is 5. The number of thiazole rings is 1. The SMILES string of the molecule is C[C@@]12C(=O)N(c3nccs3)C(=O)[C@@H]1[C@H]1C=C[C@H]2C1. The molecule has 1 aromatic heterocycles. The number of anilines is 1. The molecule has 1 saturated carbocycles. The molecule has 0 N–H and O–H groups in total. The predicted octanol–water partition coefficient (Wildman–Crippen LogP) is 1.84. The highest BCUT2D eigenvalue weighted by molar-refractivity contribution is 7.14. The van der Waals surface area contributed by atoms with E-state index in [1.165, 1.54) is 16.2 Å². The number of amides is 2. The molecule has 1 aliphatic heterocycles. The van der Waals surface area contributed by atoms with E-state index in [-0.39, 0.29) is 29.6 Å². The maximum absolute atomic E-state index is 12.6. The second-order valence-electron chi connectivity index (χ2n) is 5.44. The van der Waals surface area contributed by atoms with E-state index in [9.17, 15) is 9.59 Å². The lowest BCUT2D eigenvalue weighted by Crippen LogP contribution is -2.37. The van der Waals surface area contributed by atoms with E-state index < -0.39 is 5.41 Å². The highest BCUT2D eigenvalue weighted by Crippen LogP contribution is 2.60. The van der Waals surface area contributed by atoms with Gasteiger partial charge in [-0.05, 0) is 25.2 Å². The van der Waals surface area contributed by atoms with Gasteiger partial charge in [-0.2, -0.15) is 0 Å². The van der Waals surface area contributed by atoms with E-state index in [2.05, 4.69) is 17.1 Å². The topological polar surface area (TPSA) is 50.3 Å². The molecule has 18 heavy (non-hydrogen) atoms. The predicted molar refractivity (Wildman–Crippen MR) is 66.9 cm³/mol. The minimum Gasteiger partial charge on any atom is -0.274 e. The van der Waals surface area contributed by atoms with Crippen molar-refractivity contribution >= 4 is 28.3 Å². The molecule has 4 nitrogen and oxygen atoms in total. The van der Waals surface area contributed by atoms with Gasteiger partial charge in [0.1, 0.15) is 0 Å². The van der Waals surface area contributed by atoms with E-state index in [0.717, 1.165) is 6.42 Å². The lowest BCUT2D eigenvalue weighted by Gasteiger charge is -2.27. The Kier molecular flexibility index (Phi) is 1.79. The molecule has 1 aromatic rings. The summed E-state index contributed by atoms with van der Waals surface area (Å²) in [5.41, 5.74) is -0.540. The minimum atomic E-state index is -0.540. The van der Waals surface area contributed by atoms with E-state index in [1.807, 2.05) is 6.92 Å². The Morgan fingerprint density at radius 1 is 1.44 bits per heavy atom. The van der Waals surface area contributed by atoms with Crippen LogP contribution < -0.4 is 4.90 Å². The Hall–Kier alpha value is -1.49. The van der Waals surface area contributed by atoms with Gasteiger partial charge in [0.25, 0.3) is 0 Å². The Morgan fingerprint density at radius 3 is 2.94 bits per heavy atom. The quantitative estimate of drug-likeness (QED) is 0.572. The number of nitrogens with zero attached hydrogens (tertiary/aromatic N) is 2. The Balaban J connectivity index is 1.85. The van der Waals surface area contributed by atoms with Gasteiger partial charge >= 0.3 is 0 Å². The molecule has 2 fully saturated rings. The molecule has 92 valence electrons. The molecule has 4 rings (SSSR count). The summed E-state index contributed by atoms with van der Waals surface area (Å²) < 4.78 is 0. The molecule has 4 atom stereocenters. The summed E-state index contributed by atoms with van der Waals surface area (Å²) in [6.07, 6.45) is 6.79. The molecule has 0 spiro atoms. The molecular formula is C13H12N2O2S. The van der Waals surface area contributed by atoms with Crippen LogP contribution in [0, 0.1) is 23.2 Å². The van der Waals surface area contributed by atoms with Crippen molar-refractivity contribution in [2.75, 3.05) is 4.90 Å². The van der Waals surface area contributed by atoms with Crippen molar-refractivity contribution in [2.45, 2.75) is 13.3 Å². The average molecular weight is 260 g/mol. The van der Waals surface area contributed by atoms with Crippen LogP contribution in [-0.4, -0.2) is 16.8 Å². The Labute approximate surface area is 108 Å². The Morgan fingerprint density at radius 2 is 2.28 bits per heavy atom. The zero-order valence-corrected chi connectivity index (χ0v) is 10.7. The maximum Gasteiger partial charge on any atom is 0.242 e. The van der Waals surface area contributed by atoms with Crippen LogP contribution in [0.2, 0.25) is 0 Å². The van der Waals surface area contributed by atoms with Gasteiger partial charge in [-0.1, -0.05) is 12.2 Å². The summed E-state index contributed by atoms with van der Waals surface area (Å²) in [4.78, 5) is 30.6. The lowest BCUT2D eigenvalue weighted by atomic mass is 9.71. The highest BCUT2D eigenvalue weighted by atomic mass is 32.1.